The van der Waals surface area contributed by atoms with Crippen LogP contribution in [0.3, 0.4) is 0 Å². The predicted octanol–water partition coefficient (Wildman–Crippen LogP) is 2.40. The van der Waals surface area contributed by atoms with Crippen molar-refractivity contribution in [2.24, 2.45) is 0 Å². The first-order chi connectivity index (χ1) is 8.64. The van der Waals surface area contributed by atoms with Crippen LogP contribution >= 0.6 is 12.6 Å². The van der Waals surface area contributed by atoms with Gasteiger partial charge in [0.25, 0.3) is 10.1 Å². The van der Waals surface area contributed by atoms with Crippen molar-refractivity contribution in [2.75, 3.05) is 0 Å². The first-order valence-electron chi connectivity index (χ1n) is 5.30. The van der Waals surface area contributed by atoms with Crippen molar-refractivity contribution >= 4 is 33.5 Å². The summed E-state index contributed by atoms with van der Waals surface area (Å²) in [5.41, 5.74) is 0.653. The lowest BCUT2D eigenvalue weighted by molar-refractivity contribution is 0.457. The van der Waals surface area contributed by atoms with Gasteiger partial charge in [-0.25, -0.2) is 0 Å². The Hall–Kier alpha value is -1.44. The number of phenols is 2. The third-order valence-corrected chi connectivity index (χ3v) is 4.39. The van der Waals surface area contributed by atoms with Crippen molar-refractivity contribution in [3.63, 3.8) is 0 Å². The minimum Gasteiger partial charge on any atom is -0.507 e. The fourth-order valence-electron chi connectivity index (χ4n) is 1.94. The van der Waals surface area contributed by atoms with E-state index in [4.69, 9.17) is 0 Å². The van der Waals surface area contributed by atoms with Gasteiger partial charge in [0.05, 0.1) is 5.39 Å². The molecule has 0 unspecified atom stereocenters. The second-order valence-electron chi connectivity index (χ2n) is 4.31. The summed E-state index contributed by atoms with van der Waals surface area (Å²) in [5, 5.41) is 20.0. The molecule has 0 atom stereocenters. The number of phenolic OH excluding ortho intramolecular Hbond substituents is 2. The zero-order chi connectivity index (χ0) is 14.5. The van der Waals surface area contributed by atoms with E-state index in [1.165, 1.54) is 13.0 Å². The molecule has 3 N–H and O–H groups in total. The van der Waals surface area contributed by atoms with Gasteiger partial charge in [0.15, 0.2) is 0 Å². The van der Waals surface area contributed by atoms with Crippen LogP contribution in [0, 0.1) is 13.8 Å². The molecule has 0 aliphatic carbocycles. The second-order valence-corrected chi connectivity index (χ2v) is 6.18. The van der Waals surface area contributed by atoms with E-state index in [0.29, 0.717) is 10.5 Å². The maximum atomic E-state index is 11.4. The monoisotopic (exact) mass is 300 g/mol. The van der Waals surface area contributed by atoms with Crippen LogP contribution in [0.15, 0.2) is 21.9 Å². The van der Waals surface area contributed by atoms with E-state index >= 15 is 0 Å². The molecule has 0 radical (unpaired) electrons. The quantitative estimate of drug-likeness (QED) is 0.479. The summed E-state index contributed by atoms with van der Waals surface area (Å²) in [6.07, 6.45) is 0. The molecule has 102 valence electrons. The first kappa shape index (κ1) is 14.0. The number of hydrogen-bond acceptors (Lipinski definition) is 5. The highest BCUT2D eigenvalue weighted by Gasteiger charge is 2.21. The Bertz CT molecular complexity index is 794. The molecule has 0 aliphatic rings. The van der Waals surface area contributed by atoms with E-state index in [1.54, 1.807) is 6.92 Å². The molecule has 0 saturated heterocycles. The van der Waals surface area contributed by atoms with Crippen molar-refractivity contribution in [1.82, 2.24) is 0 Å². The van der Waals surface area contributed by atoms with Gasteiger partial charge in [-0.1, -0.05) is 0 Å². The van der Waals surface area contributed by atoms with Crippen LogP contribution in [0.2, 0.25) is 0 Å². The average molecular weight is 300 g/mol. The lowest BCUT2D eigenvalue weighted by Crippen LogP contribution is -2.01. The summed E-state index contributed by atoms with van der Waals surface area (Å²) in [6.45, 7) is 3.07. The average Bonchev–Trinajstić information content (AvgIpc) is 2.29. The molecule has 0 bridgehead atoms. The summed E-state index contributed by atoms with van der Waals surface area (Å²) in [7, 11) is -4.47. The maximum absolute atomic E-state index is 11.4. The summed E-state index contributed by atoms with van der Waals surface area (Å²) >= 11 is 4.13. The summed E-state index contributed by atoms with van der Waals surface area (Å²) < 4.78 is 32.0. The molecule has 0 aliphatic heterocycles. The molecule has 0 aromatic heterocycles. The smallest absolute Gasteiger partial charge is 0.295 e. The van der Waals surface area contributed by atoms with Gasteiger partial charge in [0.1, 0.15) is 16.4 Å². The second kappa shape index (κ2) is 4.29. The normalized spacial score (nSPS) is 12.0. The van der Waals surface area contributed by atoms with Gasteiger partial charge in [-0.15, -0.1) is 12.6 Å². The van der Waals surface area contributed by atoms with Crippen LogP contribution in [0.25, 0.3) is 10.8 Å². The van der Waals surface area contributed by atoms with Gasteiger partial charge >= 0.3 is 0 Å². The van der Waals surface area contributed by atoms with E-state index in [-0.39, 0.29) is 32.7 Å². The van der Waals surface area contributed by atoms with E-state index in [1.807, 2.05) is 0 Å². The molecule has 2 rings (SSSR count). The summed E-state index contributed by atoms with van der Waals surface area (Å²) in [6, 6.07) is 2.53. The van der Waals surface area contributed by atoms with Crippen LogP contribution in [-0.2, 0) is 10.1 Å². The number of fused-ring (bicyclic) bond motifs is 1. The zero-order valence-electron chi connectivity index (χ0n) is 10.2. The molecule has 2 aromatic carbocycles. The molecule has 5 nitrogen and oxygen atoms in total. The largest absolute Gasteiger partial charge is 0.507 e. The molecule has 7 heteroatoms. The molecular weight excluding hydrogens is 288 g/mol. The van der Waals surface area contributed by atoms with Gasteiger partial charge < -0.3 is 10.2 Å². The Morgan fingerprint density at radius 3 is 2.21 bits per heavy atom. The van der Waals surface area contributed by atoms with Gasteiger partial charge in [0.2, 0.25) is 0 Å². The van der Waals surface area contributed by atoms with Gasteiger partial charge in [0, 0.05) is 15.8 Å². The third-order valence-electron chi connectivity index (χ3n) is 3.03. The summed E-state index contributed by atoms with van der Waals surface area (Å²) in [4.78, 5) is -0.0125. The van der Waals surface area contributed by atoms with Crippen LogP contribution in [0.5, 0.6) is 11.5 Å². The van der Waals surface area contributed by atoms with E-state index in [0.717, 1.165) is 6.07 Å². The van der Waals surface area contributed by atoms with Crippen molar-refractivity contribution in [3.05, 3.63) is 23.3 Å². The van der Waals surface area contributed by atoms with E-state index < -0.39 is 10.1 Å². The number of thiol groups is 1. The third kappa shape index (κ3) is 2.13. The van der Waals surface area contributed by atoms with Gasteiger partial charge in [-0.3, -0.25) is 4.55 Å². The lowest BCUT2D eigenvalue weighted by Gasteiger charge is -2.13. The molecule has 0 heterocycles. The molecule has 0 amide bonds. The molecule has 0 saturated carbocycles. The topological polar surface area (TPSA) is 94.8 Å². The number of rotatable bonds is 1. The highest BCUT2D eigenvalue weighted by atomic mass is 32.2. The summed E-state index contributed by atoms with van der Waals surface area (Å²) in [5.74, 6) is -0.482. The Morgan fingerprint density at radius 1 is 1.11 bits per heavy atom. The van der Waals surface area contributed by atoms with Crippen molar-refractivity contribution < 1.29 is 23.2 Å². The Kier molecular flexibility index (Phi) is 3.16. The van der Waals surface area contributed by atoms with E-state index in [2.05, 4.69) is 12.6 Å². The van der Waals surface area contributed by atoms with Crippen molar-refractivity contribution in [2.45, 2.75) is 23.6 Å². The Morgan fingerprint density at radius 2 is 1.68 bits per heavy atom. The predicted molar refractivity (Wildman–Crippen MR) is 73.8 cm³/mol. The first-order valence-corrected chi connectivity index (χ1v) is 7.18. The Labute approximate surface area is 115 Å². The fraction of sp³-hybridized carbons (Fsp3) is 0.167. The molecule has 2 aromatic rings. The highest BCUT2D eigenvalue weighted by molar-refractivity contribution is 7.86. The van der Waals surface area contributed by atoms with Gasteiger partial charge in [-0.05, 0) is 31.5 Å². The highest BCUT2D eigenvalue weighted by Crippen LogP contribution is 2.42. The molecular formula is C12H12O5S2. The van der Waals surface area contributed by atoms with Crippen LogP contribution < -0.4 is 0 Å². The van der Waals surface area contributed by atoms with Crippen LogP contribution in [0.4, 0.5) is 0 Å². The number of benzene rings is 2. The standard InChI is InChI=1S/C12H12O5S2/c1-5-3-9(19(15,16)17)7-4-8(18)6(2)12(14)10(7)11(5)13/h3-4,13-14,18H,1-2H3,(H,15,16,17). The minimum absolute atomic E-state index is 0.0112. The molecule has 0 fully saturated rings. The van der Waals surface area contributed by atoms with E-state index in [9.17, 15) is 23.2 Å². The SMILES string of the molecule is Cc1cc(S(=O)(=O)O)c2cc(S)c(C)c(O)c2c1O. The minimum atomic E-state index is -4.47. The fourth-order valence-corrected chi connectivity index (χ4v) is 2.94. The molecule has 0 spiro atoms. The zero-order valence-corrected chi connectivity index (χ0v) is 11.9. The van der Waals surface area contributed by atoms with Crippen molar-refractivity contribution in [3.8, 4) is 11.5 Å². The maximum Gasteiger partial charge on any atom is 0.295 e. The number of aromatic hydroxyl groups is 2. The van der Waals surface area contributed by atoms with Crippen molar-refractivity contribution in [1.29, 1.82) is 0 Å². The lowest BCUT2D eigenvalue weighted by atomic mass is 10.0. The molecule has 19 heavy (non-hydrogen) atoms. The number of aryl methyl sites for hydroxylation is 1. The number of hydrogen-bond donors (Lipinski definition) is 4. The van der Waals surface area contributed by atoms with Crippen LogP contribution in [-0.4, -0.2) is 23.2 Å². The van der Waals surface area contributed by atoms with Crippen LogP contribution in [0.1, 0.15) is 11.1 Å². The van der Waals surface area contributed by atoms with Gasteiger partial charge in [-0.2, -0.15) is 8.42 Å². The Balaban J connectivity index is 3.16.